The summed E-state index contributed by atoms with van der Waals surface area (Å²) < 4.78 is 41.7. The van der Waals surface area contributed by atoms with Crippen LogP contribution >= 0.6 is 0 Å². The van der Waals surface area contributed by atoms with Gasteiger partial charge in [-0.2, -0.15) is 0 Å². The number of amides is 1. The molecule has 1 heterocycles. The molecule has 0 spiro atoms. The van der Waals surface area contributed by atoms with E-state index in [2.05, 4.69) is 5.32 Å². The van der Waals surface area contributed by atoms with E-state index in [0.717, 1.165) is 5.56 Å². The highest BCUT2D eigenvalue weighted by molar-refractivity contribution is 5.73. The molecular formula is C27H30FNO9. The predicted octanol–water partition coefficient (Wildman–Crippen LogP) is 2.70. The van der Waals surface area contributed by atoms with E-state index in [1.165, 1.54) is 39.8 Å². The van der Waals surface area contributed by atoms with Gasteiger partial charge in [-0.15, -0.1) is 0 Å². The van der Waals surface area contributed by atoms with Crippen molar-refractivity contribution in [1.82, 2.24) is 5.32 Å². The fraction of sp³-hybridized carbons (Fsp3) is 0.407. The van der Waals surface area contributed by atoms with Crippen LogP contribution in [0.1, 0.15) is 33.3 Å². The molecule has 2 aromatic rings. The Morgan fingerprint density at radius 2 is 1.63 bits per heavy atom. The van der Waals surface area contributed by atoms with Gasteiger partial charge in [0.05, 0.1) is 0 Å². The van der Waals surface area contributed by atoms with Crippen LogP contribution in [0.5, 0.6) is 5.75 Å². The third-order valence-corrected chi connectivity index (χ3v) is 5.56. The number of hydrogen-bond acceptors (Lipinski definition) is 9. The lowest BCUT2D eigenvalue weighted by molar-refractivity contribution is -0.170. The van der Waals surface area contributed by atoms with E-state index in [9.17, 15) is 23.6 Å². The number of ether oxygens (including phenoxy) is 5. The van der Waals surface area contributed by atoms with Gasteiger partial charge in [-0.05, 0) is 47.4 Å². The van der Waals surface area contributed by atoms with E-state index in [4.69, 9.17) is 23.7 Å². The topological polar surface area (TPSA) is 126 Å². The molecule has 0 aliphatic carbocycles. The molecule has 1 amide bonds. The van der Waals surface area contributed by atoms with Crippen molar-refractivity contribution < 1.29 is 47.3 Å². The molecule has 38 heavy (non-hydrogen) atoms. The van der Waals surface area contributed by atoms with Crippen LogP contribution in [0.3, 0.4) is 0 Å². The molecule has 2 aromatic carbocycles. The lowest BCUT2D eigenvalue weighted by Gasteiger charge is -2.23. The SMILES string of the molecule is CC(=O)NCCc1ccc(OC2O[C@H](COC(C)=O)[C@@H](OC(C)=O)[C@H]2OC(C)=O)cc1-c1cccc(F)c1. The number of rotatable bonds is 10. The number of halogens is 1. The Balaban J connectivity index is 1.93. The van der Waals surface area contributed by atoms with Crippen molar-refractivity contribution >= 4 is 23.8 Å². The van der Waals surface area contributed by atoms with Crippen LogP contribution in [0.2, 0.25) is 0 Å². The third-order valence-electron chi connectivity index (χ3n) is 5.56. The van der Waals surface area contributed by atoms with Gasteiger partial charge in [-0.25, -0.2) is 4.39 Å². The normalized spacial score (nSPS) is 20.3. The monoisotopic (exact) mass is 531 g/mol. The minimum atomic E-state index is -1.21. The molecule has 0 radical (unpaired) electrons. The van der Waals surface area contributed by atoms with Crippen molar-refractivity contribution in [3.05, 3.63) is 53.8 Å². The number of carbonyl (C=O) groups excluding carboxylic acids is 4. The largest absolute Gasteiger partial charge is 0.463 e. The van der Waals surface area contributed by atoms with Crippen molar-refractivity contribution in [3.63, 3.8) is 0 Å². The van der Waals surface area contributed by atoms with Gasteiger partial charge in [-0.1, -0.05) is 18.2 Å². The fourth-order valence-electron chi connectivity index (χ4n) is 4.05. The lowest BCUT2D eigenvalue weighted by atomic mass is 9.97. The molecule has 0 saturated carbocycles. The smallest absolute Gasteiger partial charge is 0.303 e. The average molecular weight is 532 g/mol. The second-order valence-electron chi connectivity index (χ2n) is 8.67. The maximum Gasteiger partial charge on any atom is 0.303 e. The van der Waals surface area contributed by atoms with Gasteiger partial charge < -0.3 is 29.0 Å². The first kappa shape index (κ1) is 28.6. The molecule has 204 valence electrons. The number of nitrogens with one attached hydrogen (secondary N) is 1. The number of carbonyl (C=O) groups is 4. The summed E-state index contributed by atoms with van der Waals surface area (Å²) in [4.78, 5) is 46.2. The molecule has 11 heteroatoms. The molecule has 0 bridgehead atoms. The predicted molar refractivity (Wildman–Crippen MR) is 131 cm³/mol. The van der Waals surface area contributed by atoms with Gasteiger partial charge in [0, 0.05) is 34.2 Å². The van der Waals surface area contributed by atoms with Crippen LogP contribution in [0.15, 0.2) is 42.5 Å². The lowest BCUT2D eigenvalue weighted by Crippen LogP contribution is -2.42. The molecule has 10 nitrogen and oxygen atoms in total. The standard InChI is InChI=1S/C27H30FNO9/c1-15(30)29-11-10-19-8-9-22(13-23(19)20-6-5-7-21(28)12-20)37-27-26(36-18(4)33)25(35-17(3)32)24(38-27)14-34-16(2)31/h5-9,12-13,24-27H,10-11,14H2,1-4H3,(H,29,30)/t24-,25-,26-,27?/m1/s1. The molecule has 4 atom stereocenters. The first-order valence-corrected chi connectivity index (χ1v) is 12.0. The summed E-state index contributed by atoms with van der Waals surface area (Å²) in [5, 5.41) is 2.74. The Hall–Kier alpha value is -3.99. The van der Waals surface area contributed by atoms with Gasteiger partial charge in [0.25, 0.3) is 0 Å². The first-order valence-electron chi connectivity index (χ1n) is 12.0. The van der Waals surface area contributed by atoms with Crippen molar-refractivity contribution in [1.29, 1.82) is 0 Å². The Bertz CT molecular complexity index is 1180. The Morgan fingerprint density at radius 3 is 2.26 bits per heavy atom. The molecule has 1 fully saturated rings. The highest BCUT2D eigenvalue weighted by Gasteiger charge is 2.51. The maximum atomic E-state index is 14.0. The molecule has 1 N–H and O–H groups in total. The zero-order chi connectivity index (χ0) is 27.8. The second kappa shape index (κ2) is 13.0. The van der Waals surface area contributed by atoms with Crippen molar-refractivity contribution in [2.45, 2.75) is 58.7 Å². The van der Waals surface area contributed by atoms with E-state index in [1.807, 2.05) is 0 Å². The van der Waals surface area contributed by atoms with Crippen molar-refractivity contribution in [2.75, 3.05) is 13.2 Å². The van der Waals surface area contributed by atoms with Gasteiger partial charge >= 0.3 is 17.9 Å². The molecule has 0 aromatic heterocycles. The Morgan fingerprint density at radius 1 is 0.921 bits per heavy atom. The van der Waals surface area contributed by atoms with Gasteiger partial charge in [-0.3, -0.25) is 19.2 Å². The molecule has 1 saturated heterocycles. The summed E-state index contributed by atoms with van der Waals surface area (Å²) in [6.07, 6.45) is -3.96. The number of benzene rings is 2. The van der Waals surface area contributed by atoms with Gasteiger partial charge in [0.2, 0.25) is 18.3 Å². The van der Waals surface area contributed by atoms with Crippen molar-refractivity contribution in [3.8, 4) is 16.9 Å². The van der Waals surface area contributed by atoms with E-state index in [1.54, 1.807) is 30.3 Å². The summed E-state index contributed by atoms with van der Waals surface area (Å²) in [5.41, 5.74) is 2.07. The zero-order valence-electron chi connectivity index (χ0n) is 21.5. The highest BCUT2D eigenvalue weighted by Crippen LogP contribution is 2.33. The van der Waals surface area contributed by atoms with Crippen molar-refractivity contribution in [2.24, 2.45) is 0 Å². The summed E-state index contributed by atoms with van der Waals surface area (Å²) in [7, 11) is 0. The van der Waals surface area contributed by atoms with Gasteiger partial charge in [0.15, 0.2) is 6.10 Å². The first-order chi connectivity index (χ1) is 18.0. The molecule has 1 aliphatic heterocycles. The van der Waals surface area contributed by atoms with Crippen LogP contribution in [0.25, 0.3) is 11.1 Å². The van der Waals surface area contributed by atoms with E-state index < -0.39 is 48.3 Å². The maximum absolute atomic E-state index is 14.0. The highest BCUT2D eigenvalue weighted by atomic mass is 19.1. The molecule has 1 aliphatic rings. The van der Waals surface area contributed by atoms with E-state index in [-0.39, 0.29) is 12.5 Å². The molecule has 1 unspecified atom stereocenters. The molecular weight excluding hydrogens is 501 g/mol. The second-order valence-corrected chi connectivity index (χ2v) is 8.67. The summed E-state index contributed by atoms with van der Waals surface area (Å²) in [6, 6.07) is 11.1. The number of hydrogen-bond donors (Lipinski definition) is 1. The molecule has 3 rings (SSSR count). The minimum Gasteiger partial charge on any atom is -0.463 e. The van der Waals surface area contributed by atoms with E-state index >= 15 is 0 Å². The minimum absolute atomic E-state index is 0.169. The quantitative estimate of drug-likeness (QED) is 0.364. The average Bonchev–Trinajstić information content (AvgIpc) is 3.12. The Labute approximate surface area is 219 Å². The summed E-state index contributed by atoms with van der Waals surface area (Å²) >= 11 is 0. The number of esters is 3. The summed E-state index contributed by atoms with van der Waals surface area (Å²) in [5.74, 6) is -2.18. The van der Waals surface area contributed by atoms with Crippen LogP contribution in [-0.2, 0) is 44.5 Å². The zero-order valence-corrected chi connectivity index (χ0v) is 21.5. The van der Waals surface area contributed by atoms with Crippen LogP contribution in [0.4, 0.5) is 4.39 Å². The van der Waals surface area contributed by atoms with Crippen LogP contribution < -0.4 is 10.1 Å². The van der Waals surface area contributed by atoms with E-state index in [0.29, 0.717) is 29.8 Å². The van der Waals surface area contributed by atoms with Crippen LogP contribution in [0, 0.1) is 5.82 Å². The third kappa shape index (κ3) is 8.01. The summed E-state index contributed by atoms with van der Waals surface area (Å²) in [6.45, 7) is 5.12. The fourth-order valence-corrected chi connectivity index (χ4v) is 4.05. The Kier molecular flexibility index (Phi) is 9.78. The van der Waals surface area contributed by atoms with Gasteiger partial charge in [0.1, 0.15) is 24.3 Å². The van der Waals surface area contributed by atoms with Crippen LogP contribution in [-0.4, -0.2) is 61.6 Å².